The molecule has 2 rings (SSSR count). The molecule has 4 nitrogen and oxygen atoms in total. The van der Waals surface area contributed by atoms with Crippen molar-refractivity contribution in [3.8, 4) is 0 Å². The Morgan fingerprint density at radius 1 is 1.21 bits per heavy atom. The Balaban J connectivity index is 2.22. The molecule has 0 saturated heterocycles. The van der Waals surface area contributed by atoms with Crippen LogP contribution in [0.3, 0.4) is 0 Å². The molecule has 100 valence electrons. The summed E-state index contributed by atoms with van der Waals surface area (Å²) in [7, 11) is -3.15. The predicted molar refractivity (Wildman–Crippen MR) is 77.1 cm³/mol. The summed E-state index contributed by atoms with van der Waals surface area (Å²) in [4.78, 5) is 5.50. The number of nitrogens with zero attached hydrogens (tertiary/aromatic N) is 1. The van der Waals surface area contributed by atoms with Crippen LogP contribution >= 0.6 is 11.8 Å². The van der Waals surface area contributed by atoms with Crippen molar-refractivity contribution in [2.45, 2.75) is 21.7 Å². The molecule has 0 unspecified atom stereocenters. The summed E-state index contributed by atoms with van der Waals surface area (Å²) in [5.74, 6) is 0. The van der Waals surface area contributed by atoms with Crippen LogP contribution in [0.15, 0.2) is 51.3 Å². The van der Waals surface area contributed by atoms with Gasteiger partial charge in [-0.15, -0.1) is 0 Å². The summed E-state index contributed by atoms with van der Waals surface area (Å²) in [6.45, 7) is 1.90. The van der Waals surface area contributed by atoms with Crippen LogP contribution in [0.25, 0.3) is 0 Å². The van der Waals surface area contributed by atoms with Crippen LogP contribution in [0, 0.1) is 6.92 Å². The van der Waals surface area contributed by atoms with Crippen LogP contribution in [0.1, 0.15) is 5.56 Å². The first-order chi connectivity index (χ1) is 8.86. The van der Waals surface area contributed by atoms with E-state index in [1.54, 1.807) is 30.5 Å². The molecule has 0 spiro atoms. The van der Waals surface area contributed by atoms with E-state index >= 15 is 0 Å². The molecule has 0 atom stereocenters. The summed E-state index contributed by atoms with van der Waals surface area (Å²) in [6.07, 6.45) is 2.92. The van der Waals surface area contributed by atoms with Crippen molar-refractivity contribution in [3.63, 3.8) is 0 Å². The van der Waals surface area contributed by atoms with E-state index in [2.05, 4.69) is 4.98 Å². The number of nitrogens with two attached hydrogens (primary N) is 1. The highest BCUT2D eigenvalue weighted by Gasteiger charge is 2.07. The largest absolute Gasteiger partial charge is 0.398 e. The van der Waals surface area contributed by atoms with Gasteiger partial charge in [0.1, 0.15) is 5.03 Å². The van der Waals surface area contributed by atoms with Crippen LogP contribution in [0.2, 0.25) is 0 Å². The molecule has 0 aliphatic carbocycles. The van der Waals surface area contributed by atoms with Gasteiger partial charge in [-0.1, -0.05) is 11.8 Å². The molecule has 1 aromatic heterocycles. The van der Waals surface area contributed by atoms with Crippen molar-refractivity contribution in [3.05, 3.63) is 42.1 Å². The number of hydrogen-bond donors (Lipinski definition) is 1. The highest BCUT2D eigenvalue weighted by Crippen LogP contribution is 2.28. The van der Waals surface area contributed by atoms with Crippen LogP contribution in [-0.2, 0) is 9.84 Å². The fourth-order valence-corrected chi connectivity index (χ4v) is 2.89. The number of anilines is 1. The predicted octanol–water partition coefficient (Wildman–Crippen LogP) is 2.53. The number of sulfone groups is 1. The van der Waals surface area contributed by atoms with Gasteiger partial charge < -0.3 is 5.73 Å². The van der Waals surface area contributed by atoms with Gasteiger partial charge in [-0.05, 0) is 42.8 Å². The molecular formula is C13H14N2O2S2. The zero-order valence-electron chi connectivity index (χ0n) is 10.6. The third-order valence-corrected chi connectivity index (χ3v) is 4.66. The van der Waals surface area contributed by atoms with Gasteiger partial charge in [0.05, 0.1) is 4.90 Å². The zero-order chi connectivity index (χ0) is 14.0. The van der Waals surface area contributed by atoms with Gasteiger partial charge in [0.2, 0.25) is 0 Å². The Hall–Kier alpha value is -1.53. The van der Waals surface area contributed by atoms with Gasteiger partial charge in [0.15, 0.2) is 9.84 Å². The van der Waals surface area contributed by atoms with E-state index in [1.165, 1.54) is 18.0 Å². The van der Waals surface area contributed by atoms with Crippen molar-refractivity contribution in [1.82, 2.24) is 4.98 Å². The smallest absolute Gasteiger partial charge is 0.175 e. The number of pyridine rings is 1. The maximum Gasteiger partial charge on any atom is 0.175 e. The first-order valence-electron chi connectivity index (χ1n) is 5.56. The minimum Gasteiger partial charge on any atom is -0.398 e. The fourth-order valence-electron chi connectivity index (χ4n) is 1.45. The first-order valence-corrected chi connectivity index (χ1v) is 8.27. The molecule has 19 heavy (non-hydrogen) atoms. The first kappa shape index (κ1) is 13.9. The normalized spacial score (nSPS) is 11.5. The van der Waals surface area contributed by atoms with Crippen molar-refractivity contribution >= 4 is 27.3 Å². The maximum atomic E-state index is 11.3. The molecule has 1 heterocycles. The second kappa shape index (κ2) is 5.22. The average molecular weight is 294 g/mol. The monoisotopic (exact) mass is 294 g/mol. The Kier molecular flexibility index (Phi) is 3.82. The topological polar surface area (TPSA) is 73.0 Å². The lowest BCUT2D eigenvalue weighted by Crippen LogP contribution is -1.96. The van der Waals surface area contributed by atoms with Gasteiger partial charge in [0.25, 0.3) is 0 Å². The summed E-state index contributed by atoms with van der Waals surface area (Å²) in [6, 6.07) is 8.52. The minimum atomic E-state index is -3.15. The van der Waals surface area contributed by atoms with Gasteiger partial charge in [-0.3, -0.25) is 0 Å². The molecule has 0 fully saturated rings. The number of nitrogen functional groups attached to an aromatic ring is 1. The molecule has 0 saturated carbocycles. The fraction of sp³-hybridized carbons (Fsp3) is 0.154. The van der Waals surface area contributed by atoms with E-state index in [0.29, 0.717) is 10.6 Å². The zero-order valence-corrected chi connectivity index (χ0v) is 12.3. The highest BCUT2D eigenvalue weighted by molar-refractivity contribution is 7.99. The summed E-state index contributed by atoms with van der Waals surface area (Å²) < 4.78 is 22.7. The van der Waals surface area contributed by atoms with Crippen molar-refractivity contribution in [1.29, 1.82) is 0 Å². The van der Waals surface area contributed by atoms with E-state index in [0.717, 1.165) is 15.5 Å². The summed E-state index contributed by atoms with van der Waals surface area (Å²) in [5.41, 5.74) is 7.46. The summed E-state index contributed by atoms with van der Waals surface area (Å²) >= 11 is 1.44. The van der Waals surface area contributed by atoms with Crippen molar-refractivity contribution in [2.75, 3.05) is 12.0 Å². The molecule has 0 aliphatic rings. The number of benzene rings is 1. The third-order valence-electron chi connectivity index (χ3n) is 2.59. The molecule has 2 N–H and O–H groups in total. The Bertz CT molecular complexity index is 695. The Morgan fingerprint density at radius 2 is 1.84 bits per heavy atom. The maximum absolute atomic E-state index is 11.3. The van der Waals surface area contributed by atoms with Gasteiger partial charge >= 0.3 is 0 Å². The molecule has 0 bridgehead atoms. The average Bonchev–Trinajstić information content (AvgIpc) is 2.33. The lowest BCUT2D eigenvalue weighted by Gasteiger charge is -2.05. The van der Waals surface area contributed by atoms with E-state index in [-0.39, 0.29) is 0 Å². The van der Waals surface area contributed by atoms with E-state index in [4.69, 9.17) is 5.73 Å². The molecule has 1 aromatic carbocycles. The van der Waals surface area contributed by atoms with Gasteiger partial charge in [-0.2, -0.15) is 0 Å². The summed E-state index contributed by atoms with van der Waals surface area (Å²) in [5, 5.41) is 0.787. The second-order valence-electron chi connectivity index (χ2n) is 4.22. The Labute approximate surface area is 117 Å². The van der Waals surface area contributed by atoms with Crippen molar-refractivity contribution < 1.29 is 8.42 Å². The quantitative estimate of drug-likeness (QED) is 0.941. The third kappa shape index (κ3) is 3.48. The minimum absolute atomic E-state index is 0.313. The van der Waals surface area contributed by atoms with Crippen LogP contribution in [0.5, 0.6) is 0 Å². The van der Waals surface area contributed by atoms with Gasteiger partial charge in [-0.25, -0.2) is 13.4 Å². The number of hydrogen-bond acceptors (Lipinski definition) is 5. The van der Waals surface area contributed by atoms with E-state index in [1.807, 2.05) is 13.0 Å². The van der Waals surface area contributed by atoms with E-state index in [9.17, 15) is 8.42 Å². The standard InChI is InChI=1S/C13H14N2O2S2/c1-9-8-15-13(7-12(9)14)18-10-3-5-11(6-4-10)19(2,16)17/h3-8H,1-2H3,(H2,14,15). The highest BCUT2D eigenvalue weighted by atomic mass is 32.2. The number of aryl methyl sites for hydroxylation is 1. The number of rotatable bonds is 3. The van der Waals surface area contributed by atoms with E-state index < -0.39 is 9.84 Å². The molecule has 0 aliphatic heterocycles. The SMILES string of the molecule is Cc1cnc(Sc2ccc(S(C)(=O)=O)cc2)cc1N. The van der Waals surface area contributed by atoms with Gasteiger partial charge in [0, 0.05) is 23.0 Å². The lowest BCUT2D eigenvalue weighted by molar-refractivity contribution is 0.602. The molecular weight excluding hydrogens is 280 g/mol. The molecule has 0 amide bonds. The second-order valence-corrected chi connectivity index (χ2v) is 7.33. The van der Waals surface area contributed by atoms with Crippen molar-refractivity contribution in [2.24, 2.45) is 0 Å². The lowest BCUT2D eigenvalue weighted by atomic mass is 10.3. The van der Waals surface area contributed by atoms with Crippen LogP contribution in [-0.4, -0.2) is 19.7 Å². The molecule has 0 radical (unpaired) electrons. The molecule has 6 heteroatoms. The number of aromatic nitrogens is 1. The Morgan fingerprint density at radius 3 is 2.37 bits per heavy atom. The molecule has 2 aromatic rings. The van der Waals surface area contributed by atoms with Crippen LogP contribution < -0.4 is 5.73 Å². The van der Waals surface area contributed by atoms with Crippen LogP contribution in [0.4, 0.5) is 5.69 Å².